The summed E-state index contributed by atoms with van der Waals surface area (Å²) in [6, 6.07) is 4.38. The van der Waals surface area contributed by atoms with Crippen molar-refractivity contribution in [2.24, 2.45) is 0 Å². The highest BCUT2D eigenvalue weighted by atomic mass is 19.4. The number of nitrogens with one attached hydrogen (secondary N) is 1. The Morgan fingerprint density at radius 1 is 1.20 bits per heavy atom. The highest BCUT2D eigenvalue weighted by Gasteiger charge is 2.28. The number of para-hydroxylation sites is 1. The van der Waals surface area contributed by atoms with Crippen LogP contribution in [0.4, 0.5) is 17.6 Å². The van der Waals surface area contributed by atoms with Gasteiger partial charge in [-0.05, 0) is 19.0 Å². The van der Waals surface area contributed by atoms with Crippen LogP contribution in [0, 0.1) is 5.82 Å². The Labute approximate surface area is 114 Å². The number of ether oxygens (including phenoxy) is 2. The highest BCUT2D eigenvalue weighted by molar-refractivity contribution is 5.34. The van der Waals surface area contributed by atoms with E-state index in [0.717, 1.165) is 13.0 Å². The van der Waals surface area contributed by atoms with E-state index in [0.29, 0.717) is 12.1 Å². The van der Waals surface area contributed by atoms with Crippen LogP contribution < -0.4 is 10.1 Å². The van der Waals surface area contributed by atoms with Gasteiger partial charge < -0.3 is 10.1 Å². The van der Waals surface area contributed by atoms with E-state index in [-0.39, 0.29) is 12.4 Å². The highest BCUT2D eigenvalue weighted by Crippen LogP contribution is 2.23. The summed E-state index contributed by atoms with van der Waals surface area (Å²) in [7, 11) is 0. The molecule has 0 aromatic heterocycles. The zero-order valence-electron chi connectivity index (χ0n) is 11.1. The molecule has 114 valence electrons. The fraction of sp³-hybridized carbons (Fsp3) is 0.538. The van der Waals surface area contributed by atoms with Crippen LogP contribution >= 0.6 is 0 Å². The Morgan fingerprint density at radius 2 is 1.95 bits per heavy atom. The second-order valence-electron chi connectivity index (χ2n) is 4.05. The number of hydrogen-bond acceptors (Lipinski definition) is 3. The zero-order chi connectivity index (χ0) is 15.0. The monoisotopic (exact) mass is 295 g/mol. The Bertz CT molecular complexity index is 410. The average molecular weight is 295 g/mol. The van der Waals surface area contributed by atoms with Gasteiger partial charge in [-0.1, -0.05) is 19.1 Å². The number of alkyl halides is 3. The number of benzene rings is 1. The first-order valence-electron chi connectivity index (χ1n) is 6.25. The van der Waals surface area contributed by atoms with Crippen molar-refractivity contribution < 1.29 is 27.0 Å². The van der Waals surface area contributed by atoms with Gasteiger partial charge in [-0.2, -0.15) is 0 Å². The molecule has 0 bridgehead atoms. The molecule has 20 heavy (non-hydrogen) atoms. The third-order valence-corrected chi connectivity index (χ3v) is 2.39. The Balaban J connectivity index is 2.54. The van der Waals surface area contributed by atoms with E-state index in [1.165, 1.54) is 12.1 Å². The van der Waals surface area contributed by atoms with Gasteiger partial charge in [-0.3, -0.25) is 4.74 Å². The van der Waals surface area contributed by atoms with Gasteiger partial charge in [0.25, 0.3) is 0 Å². The molecule has 1 N–H and O–H groups in total. The molecule has 0 amide bonds. The van der Waals surface area contributed by atoms with Crippen molar-refractivity contribution in [3.8, 4) is 5.75 Å². The normalized spacial score (nSPS) is 11.7. The summed E-state index contributed by atoms with van der Waals surface area (Å²) >= 11 is 0. The summed E-state index contributed by atoms with van der Waals surface area (Å²) in [6.07, 6.45) is -3.78. The van der Waals surface area contributed by atoms with E-state index in [1.54, 1.807) is 6.07 Å². The molecule has 0 aliphatic heterocycles. The Hall–Kier alpha value is -1.34. The molecule has 0 aliphatic carbocycles. The van der Waals surface area contributed by atoms with Gasteiger partial charge in [-0.15, -0.1) is 13.2 Å². The molecule has 3 nitrogen and oxygen atoms in total. The lowest BCUT2D eigenvalue weighted by Gasteiger charge is -2.13. The van der Waals surface area contributed by atoms with Crippen molar-refractivity contribution in [3.63, 3.8) is 0 Å². The van der Waals surface area contributed by atoms with Crippen LogP contribution in [0.25, 0.3) is 0 Å². The summed E-state index contributed by atoms with van der Waals surface area (Å²) in [5.74, 6) is -0.644. The Kier molecular flexibility index (Phi) is 6.74. The maximum Gasteiger partial charge on any atom is 0.522 e. The van der Waals surface area contributed by atoms with Crippen LogP contribution in [-0.4, -0.2) is 26.1 Å². The molecular weight excluding hydrogens is 278 g/mol. The number of hydrogen-bond donors (Lipinski definition) is 1. The van der Waals surface area contributed by atoms with Crippen molar-refractivity contribution in [2.45, 2.75) is 26.3 Å². The molecule has 7 heteroatoms. The van der Waals surface area contributed by atoms with E-state index in [9.17, 15) is 17.6 Å². The van der Waals surface area contributed by atoms with Crippen LogP contribution in [0.2, 0.25) is 0 Å². The van der Waals surface area contributed by atoms with E-state index in [4.69, 9.17) is 4.74 Å². The third-order valence-electron chi connectivity index (χ3n) is 2.39. The second-order valence-corrected chi connectivity index (χ2v) is 4.05. The lowest BCUT2D eigenvalue weighted by Crippen LogP contribution is -2.19. The first-order valence-corrected chi connectivity index (χ1v) is 6.25. The van der Waals surface area contributed by atoms with Crippen LogP contribution in [0.3, 0.4) is 0 Å². The summed E-state index contributed by atoms with van der Waals surface area (Å²) < 4.78 is 57.6. The van der Waals surface area contributed by atoms with Crippen molar-refractivity contribution in [1.82, 2.24) is 5.32 Å². The van der Waals surface area contributed by atoms with Crippen LogP contribution in [0.5, 0.6) is 5.75 Å². The lowest BCUT2D eigenvalue weighted by molar-refractivity contribution is -0.325. The van der Waals surface area contributed by atoms with Crippen LogP contribution in [0.15, 0.2) is 18.2 Å². The molecule has 0 unspecified atom stereocenters. The average Bonchev–Trinajstić information content (AvgIpc) is 2.36. The van der Waals surface area contributed by atoms with Crippen molar-refractivity contribution in [1.29, 1.82) is 0 Å². The van der Waals surface area contributed by atoms with Gasteiger partial charge in [-0.25, -0.2) is 4.39 Å². The van der Waals surface area contributed by atoms with E-state index < -0.39 is 18.8 Å². The van der Waals surface area contributed by atoms with E-state index in [1.807, 2.05) is 6.92 Å². The first kappa shape index (κ1) is 16.7. The van der Waals surface area contributed by atoms with Crippen molar-refractivity contribution >= 4 is 0 Å². The number of halogens is 4. The Morgan fingerprint density at radius 3 is 2.60 bits per heavy atom. The molecule has 0 radical (unpaired) electrons. The fourth-order valence-corrected chi connectivity index (χ4v) is 1.56. The van der Waals surface area contributed by atoms with Crippen LogP contribution in [-0.2, 0) is 11.3 Å². The SMILES string of the molecule is CCCNCc1cccc(F)c1OCCOC(F)(F)F. The van der Waals surface area contributed by atoms with Crippen molar-refractivity contribution in [3.05, 3.63) is 29.6 Å². The molecule has 0 spiro atoms. The summed E-state index contributed by atoms with van der Waals surface area (Å²) in [5.41, 5.74) is 0.561. The molecule has 1 aromatic rings. The van der Waals surface area contributed by atoms with E-state index >= 15 is 0 Å². The molecule has 0 atom stereocenters. The zero-order valence-corrected chi connectivity index (χ0v) is 11.1. The standard InChI is InChI=1S/C13H17F4NO2/c1-2-6-18-9-10-4-3-5-11(14)12(10)19-7-8-20-13(15,16)17/h3-5,18H,2,6-9H2,1H3. The molecule has 0 saturated heterocycles. The summed E-state index contributed by atoms with van der Waals surface area (Å²) in [4.78, 5) is 0. The quantitative estimate of drug-likeness (QED) is 0.590. The van der Waals surface area contributed by atoms with Gasteiger partial charge in [0.05, 0.1) is 6.61 Å². The minimum Gasteiger partial charge on any atom is -0.488 e. The maximum atomic E-state index is 13.6. The van der Waals surface area contributed by atoms with Gasteiger partial charge in [0.2, 0.25) is 0 Å². The summed E-state index contributed by atoms with van der Waals surface area (Å²) in [6.45, 7) is 2.08. The molecule has 1 aromatic carbocycles. The molecule has 0 fully saturated rings. The van der Waals surface area contributed by atoms with Gasteiger partial charge >= 0.3 is 6.36 Å². The lowest BCUT2D eigenvalue weighted by atomic mass is 10.2. The topological polar surface area (TPSA) is 30.5 Å². The van der Waals surface area contributed by atoms with Crippen molar-refractivity contribution in [2.75, 3.05) is 19.8 Å². The van der Waals surface area contributed by atoms with Gasteiger partial charge in [0, 0.05) is 12.1 Å². The molecule has 1 rings (SSSR count). The molecular formula is C13H17F4NO2. The minimum absolute atomic E-state index is 0.0399. The second kappa shape index (κ2) is 8.06. The number of rotatable bonds is 8. The minimum atomic E-state index is -4.70. The largest absolute Gasteiger partial charge is 0.522 e. The third kappa shape index (κ3) is 6.21. The summed E-state index contributed by atoms with van der Waals surface area (Å²) in [5, 5.41) is 3.08. The molecule has 0 aliphatic rings. The predicted octanol–water partition coefficient (Wildman–Crippen LogP) is 3.24. The smallest absolute Gasteiger partial charge is 0.488 e. The van der Waals surface area contributed by atoms with Gasteiger partial charge in [0.1, 0.15) is 6.61 Å². The first-order chi connectivity index (χ1) is 9.44. The van der Waals surface area contributed by atoms with Gasteiger partial charge in [0.15, 0.2) is 11.6 Å². The molecule has 0 heterocycles. The molecule has 0 saturated carbocycles. The maximum absolute atomic E-state index is 13.6. The van der Waals surface area contributed by atoms with Crippen LogP contribution in [0.1, 0.15) is 18.9 Å². The predicted molar refractivity (Wildman–Crippen MR) is 65.9 cm³/mol. The fourth-order valence-electron chi connectivity index (χ4n) is 1.56. The van der Waals surface area contributed by atoms with E-state index in [2.05, 4.69) is 10.1 Å².